The van der Waals surface area contributed by atoms with Crippen LogP contribution in [0.3, 0.4) is 0 Å². The van der Waals surface area contributed by atoms with Crippen molar-refractivity contribution in [2.45, 2.75) is 31.3 Å². The number of carbonyl (C=O) groups is 1. The Labute approximate surface area is 141 Å². The quantitative estimate of drug-likeness (QED) is 0.894. The van der Waals surface area contributed by atoms with Crippen LogP contribution in [-0.4, -0.2) is 44.7 Å². The predicted octanol–water partition coefficient (Wildman–Crippen LogP) is 2.16. The molecule has 1 aromatic carbocycles. The summed E-state index contributed by atoms with van der Waals surface area (Å²) in [6.45, 7) is 1.52. The van der Waals surface area contributed by atoms with E-state index in [0.29, 0.717) is 12.6 Å². The molecule has 1 saturated carbocycles. The van der Waals surface area contributed by atoms with Crippen molar-refractivity contribution < 1.29 is 9.53 Å². The summed E-state index contributed by atoms with van der Waals surface area (Å²) in [5.41, 5.74) is 3.17. The van der Waals surface area contributed by atoms with Gasteiger partial charge in [0.15, 0.2) is 0 Å². The Hall–Kier alpha value is -2.50. The number of nitrogens with zero attached hydrogens (tertiary/aromatic N) is 2. The van der Waals surface area contributed by atoms with E-state index >= 15 is 0 Å². The molecule has 6 nitrogen and oxygen atoms in total. The molecule has 126 valence electrons. The molecule has 1 aliphatic carbocycles. The molecule has 3 aliphatic rings. The molecule has 2 heterocycles. The Balaban J connectivity index is 1.59. The van der Waals surface area contributed by atoms with E-state index in [1.54, 1.807) is 18.3 Å². The molecule has 1 fully saturated rings. The second kappa shape index (κ2) is 6.19. The molecule has 0 saturated heterocycles. The molecule has 1 aromatic rings. The van der Waals surface area contributed by atoms with E-state index in [9.17, 15) is 4.79 Å². The van der Waals surface area contributed by atoms with Crippen molar-refractivity contribution in [3.8, 4) is 5.75 Å². The van der Waals surface area contributed by atoms with Crippen LogP contribution < -0.4 is 20.3 Å². The fourth-order valence-electron chi connectivity index (χ4n) is 3.01. The average molecular weight is 326 g/mol. The van der Waals surface area contributed by atoms with Crippen LogP contribution in [0.25, 0.3) is 5.57 Å². The SMILES string of the molecule is CN(C(=O)NC1CC1)c1ccc2c(c1)/C(=C/C1CNC=N1)CCO2. The number of nitrogens with one attached hydrogen (secondary N) is 2. The molecule has 2 aliphatic heterocycles. The lowest BCUT2D eigenvalue weighted by atomic mass is 9.97. The summed E-state index contributed by atoms with van der Waals surface area (Å²) in [5, 5.41) is 6.14. The Kier molecular flexibility index (Phi) is 3.88. The second-order valence-corrected chi connectivity index (χ2v) is 6.51. The van der Waals surface area contributed by atoms with E-state index in [0.717, 1.165) is 42.8 Å². The van der Waals surface area contributed by atoms with Gasteiger partial charge in [-0.2, -0.15) is 0 Å². The monoisotopic (exact) mass is 326 g/mol. The highest BCUT2D eigenvalue weighted by atomic mass is 16.5. The Morgan fingerprint density at radius 2 is 2.33 bits per heavy atom. The minimum absolute atomic E-state index is 0.0516. The van der Waals surface area contributed by atoms with Crippen LogP contribution in [-0.2, 0) is 0 Å². The van der Waals surface area contributed by atoms with Crippen molar-refractivity contribution in [2.24, 2.45) is 4.99 Å². The predicted molar refractivity (Wildman–Crippen MR) is 94.8 cm³/mol. The maximum atomic E-state index is 12.3. The van der Waals surface area contributed by atoms with Crippen molar-refractivity contribution >= 4 is 23.6 Å². The zero-order valence-electron chi connectivity index (χ0n) is 13.8. The molecule has 2 amide bonds. The minimum Gasteiger partial charge on any atom is -0.493 e. The van der Waals surface area contributed by atoms with Gasteiger partial charge in [0.2, 0.25) is 0 Å². The number of ether oxygens (including phenoxy) is 1. The second-order valence-electron chi connectivity index (χ2n) is 6.51. The first kappa shape index (κ1) is 15.1. The number of fused-ring (bicyclic) bond motifs is 1. The van der Waals surface area contributed by atoms with Crippen molar-refractivity contribution in [3.63, 3.8) is 0 Å². The van der Waals surface area contributed by atoms with E-state index in [4.69, 9.17) is 4.74 Å². The number of benzene rings is 1. The summed E-state index contributed by atoms with van der Waals surface area (Å²) in [5.74, 6) is 0.877. The number of carbonyl (C=O) groups excluding carboxylic acids is 1. The molecule has 2 N–H and O–H groups in total. The number of hydrogen-bond donors (Lipinski definition) is 2. The van der Waals surface area contributed by atoms with Crippen LogP contribution in [0.1, 0.15) is 24.8 Å². The maximum absolute atomic E-state index is 12.3. The molecule has 0 aromatic heterocycles. The van der Waals surface area contributed by atoms with Crippen LogP contribution in [0.5, 0.6) is 5.75 Å². The molecule has 0 bridgehead atoms. The number of aliphatic imine (C=N–C) groups is 1. The first-order valence-corrected chi connectivity index (χ1v) is 8.48. The molecular weight excluding hydrogens is 304 g/mol. The van der Waals surface area contributed by atoms with Crippen LogP contribution in [0.4, 0.5) is 10.5 Å². The summed E-state index contributed by atoms with van der Waals surface area (Å²) in [6, 6.07) is 6.40. The van der Waals surface area contributed by atoms with Gasteiger partial charge in [0.1, 0.15) is 5.75 Å². The fourth-order valence-corrected chi connectivity index (χ4v) is 3.01. The third-order valence-electron chi connectivity index (χ3n) is 4.61. The molecule has 6 heteroatoms. The summed E-state index contributed by atoms with van der Waals surface area (Å²) in [4.78, 5) is 18.3. The normalized spacial score (nSPS) is 23.4. The Morgan fingerprint density at radius 1 is 1.46 bits per heavy atom. The lowest BCUT2D eigenvalue weighted by Gasteiger charge is -2.24. The molecule has 0 radical (unpaired) electrons. The summed E-state index contributed by atoms with van der Waals surface area (Å²) < 4.78 is 5.77. The van der Waals surface area contributed by atoms with E-state index in [2.05, 4.69) is 21.7 Å². The van der Waals surface area contributed by atoms with Gasteiger partial charge in [0.05, 0.1) is 19.0 Å². The van der Waals surface area contributed by atoms with Gasteiger partial charge in [0, 0.05) is 37.3 Å². The van der Waals surface area contributed by atoms with Gasteiger partial charge in [-0.15, -0.1) is 0 Å². The van der Waals surface area contributed by atoms with Crippen molar-refractivity contribution in [1.29, 1.82) is 0 Å². The van der Waals surface area contributed by atoms with Gasteiger partial charge in [-0.1, -0.05) is 6.08 Å². The molecule has 24 heavy (non-hydrogen) atoms. The summed E-state index contributed by atoms with van der Waals surface area (Å²) in [6.07, 6.45) is 6.99. The van der Waals surface area contributed by atoms with Crippen molar-refractivity contribution in [3.05, 3.63) is 29.8 Å². The number of hydrogen-bond acceptors (Lipinski definition) is 4. The topological polar surface area (TPSA) is 66.0 Å². The average Bonchev–Trinajstić information content (AvgIpc) is 3.26. The Morgan fingerprint density at radius 3 is 3.08 bits per heavy atom. The fraction of sp³-hybridized carbons (Fsp3) is 0.444. The van der Waals surface area contributed by atoms with Crippen LogP contribution in [0.15, 0.2) is 29.3 Å². The lowest BCUT2D eigenvalue weighted by molar-refractivity contribution is 0.247. The standard InChI is InChI=1S/C18H22N4O2/c1-22(18(23)21-13-2-3-13)15-4-5-17-16(9-15)12(6-7-24-17)8-14-10-19-11-20-14/h4-5,8-9,11,13-14H,2-3,6-7,10H2,1H3,(H,19,20)(H,21,23)/b12-8+. The maximum Gasteiger partial charge on any atom is 0.321 e. The third-order valence-corrected chi connectivity index (χ3v) is 4.61. The summed E-state index contributed by atoms with van der Waals surface area (Å²) >= 11 is 0. The molecule has 0 spiro atoms. The van der Waals surface area contributed by atoms with Gasteiger partial charge < -0.3 is 15.4 Å². The Bertz CT molecular complexity index is 709. The van der Waals surface area contributed by atoms with Gasteiger partial charge in [-0.05, 0) is 36.6 Å². The van der Waals surface area contributed by atoms with Crippen LogP contribution in [0, 0.1) is 0 Å². The highest BCUT2D eigenvalue weighted by Crippen LogP contribution is 2.36. The number of amides is 2. The van der Waals surface area contributed by atoms with E-state index in [1.807, 2.05) is 18.2 Å². The third kappa shape index (κ3) is 3.09. The van der Waals surface area contributed by atoms with Crippen molar-refractivity contribution in [2.75, 3.05) is 25.1 Å². The molecule has 1 unspecified atom stereocenters. The molecule has 4 rings (SSSR count). The highest BCUT2D eigenvalue weighted by molar-refractivity contribution is 5.92. The molecule has 1 atom stereocenters. The minimum atomic E-state index is -0.0516. The summed E-state index contributed by atoms with van der Waals surface area (Å²) in [7, 11) is 1.80. The lowest BCUT2D eigenvalue weighted by Crippen LogP contribution is -2.38. The van der Waals surface area contributed by atoms with Crippen LogP contribution in [0.2, 0.25) is 0 Å². The van der Waals surface area contributed by atoms with Gasteiger partial charge in [0.25, 0.3) is 0 Å². The van der Waals surface area contributed by atoms with Crippen molar-refractivity contribution in [1.82, 2.24) is 10.6 Å². The smallest absolute Gasteiger partial charge is 0.321 e. The zero-order valence-corrected chi connectivity index (χ0v) is 13.8. The number of anilines is 1. The van der Waals surface area contributed by atoms with Gasteiger partial charge in [-0.3, -0.25) is 9.89 Å². The van der Waals surface area contributed by atoms with E-state index in [1.165, 1.54) is 5.57 Å². The number of rotatable bonds is 3. The van der Waals surface area contributed by atoms with Crippen LogP contribution >= 0.6 is 0 Å². The first-order chi connectivity index (χ1) is 11.7. The highest BCUT2D eigenvalue weighted by Gasteiger charge is 2.26. The van der Waals surface area contributed by atoms with Gasteiger partial charge in [-0.25, -0.2) is 4.79 Å². The van der Waals surface area contributed by atoms with E-state index < -0.39 is 0 Å². The zero-order chi connectivity index (χ0) is 16.5. The van der Waals surface area contributed by atoms with E-state index in [-0.39, 0.29) is 12.1 Å². The first-order valence-electron chi connectivity index (χ1n) is 8.48. The number of urea groups is 1. The molecular formula is C18H22N4O2. The largest absolute Gasteiger partial charge is 0.493 e. The van der Waals surface area contributed by atoms with Gasteiger partial charge >= 0.3 is 6.03 Å².